The number of nitrogens with one attached hydrogen (secondary N) is 1. The van der Waals surface area contributed by atoms with Crippen LogP contribution >= 0.6 is 23.2 Å². The smallest absolute Gasteiger partial charge is 0.263 e. The first-order valence-electron chi connectivity index (χ1n) is 8.18. The normalized spacial score (nSPS) is 15.9. The summed E-state index contributed by atoms with van der Waals surface area (Å²) in [5.74, 6) is -5.02. The predicted octanol–water partition coefficient (Wildman–Crippen LogP) is 3.23. The number of rotatable bonds is 5. The zero-order valence-corrected chi connectivity index (χ0v) is 18.0. The Bertz CT molecular complexity index is 1180. The Kier molecular flexibility index (Phi) is 6.56. The number of nitrogens with zero attached hydrogens (tertiary/aromatic N) is 1. The van der Waals surface area contributed by atoms with Crippen LogP contribution in [0.1, 0.15) is 0 Å². The lowest BCUT2D eigenvalue weighted by molar-refractivity contribution is 0.0730. The molecule has 0 spiro atoms. The number of ether oxygens (including phenoxy) is 1. The lowest BCUT2D eigenvalue weighted by Crippen LogP contribution is -2.40. The molecule has 1 fully saturated rings. The molecule has 0 unspecified atom stereocenters. The Hall–Kier alpha value is -1.57. The summed E-state index contributed by atoms with van der Waals surface area (Å²) in [5.41, 5.74) is -0.630. The second-order valence-electron chi connectivity index (χ2n) is 6.09. The maximum absolute atomic E-state index is 13.4. The number of halogens is 5. The molecule has 0 aromatic heterocycles. The largest absolute Gasteiger partial charge is 0.379 e. The average molecular weight is 505 g/mol. The highest BCUT2D eigenvalue weighted by Gasteiger charge is 2.31. The Balaban J connectivity index is 2.04. The van der Waals surface area contributed by atoms with Gasteiger partial charge in [-0.3, -0.25) is 4.72 Å². The minimum absolute atomic E-state index is 0.0375. The summed E-state index contributed by atoms with van der Waals surface area (Å²) in [6.07, 6.45) is 0. The summed E-state index contributed by atoms with van der Waals surface area (Å²) in [7, 11) is -8.81. The van der Waals surface area contributed by atoms with Gasteiger partial charge in [0.05, 0.1) is 28.9 Å². The Morgan fingerprint density at radius 2 is 1.40 bits per heavy atom. The third-order valence-corrected chi connectivity index (χ3v) is 8.31. The molecule has 0 amide bonds. The molecule has 14 heteroatoms. The maximum Gasteiger partial charge on any atom is 0.263 e. The molecule has 3 rings (SSSR count). The first-order chi connectivity index (χ1) is 13.9. The van der Waals surface area contributed by atoms with Crippen LogP contribution in [0.25, 0.3) is 0 Å². The number of morpholine rings is 1. The van der Waals surface area contributed by atoms with Crippen molar-refractivity contribution in [3.8, 4) is 0 Å². The molecule has 30 heavy (non-hydrogen) atoms. The van der Waals surface area contributed by atoms with E-state index in [9.17, 15) is 30.0 Å². The fraction of sp³-hybridized carbons (Fsp3) is 0.250. The molecule has 1 N–H and O–H groups in total. The van der Waals surface area contributed by atoms with Crippen LogP contribution < -0.4 is 4.72 Å². The van der Waals surface area contributed by atoms with Crippen LogP contribution in [0, 0.1) is 17.5 Å². The van der Waals surface area contributed by atoms with Crippen LogP contribution in [0.3, 0.4) is 0 Å². The highest BCUT2D eigenvalue weighted by atomic mass is 35.5. The van der Waals surface area contributed by atoms with Crippen molar-refractivity contribution < 1.29 is 34.7 Å². The summed E-state index contributed by atoms with van der Waals surface area (Å²) in [6.45, 7) is 0.378. The first kappa shape index (κ1) is 23.1. The van der Waals surface area contributed by atoms with Crippen molar-refractivity contribution in [3.05, 3.63) is 51.8 Å². The quantitative estimate of drug-likeness (QED) is 0.631. The van der Waals surface area contributed by atoms with Gasteiger partial charge >= 0.3 is 0 Å². The van der Waals surface area contributed by atoms with Crippen LogP contribution in [-0.4, -0.2) is 47.4 Å². The SMILES string of the molecule is O=S(=O)(Nc1cc(F)c(F)c(F)c1)c1cc(S(=O)(=O)N2CCOCC2)c(Cl)cc1Cl. The second kappa shape index (κ2) is 8.52. The highest BCUT2D eigenvalue weighted by Crippen LogP contribution is 2.34. The third-order valence-electron chi connectivity index (χ3n) is 4.10. The molecule has 0 atom stereocenters. The summed E-state index contributed by atoms with van der Waals surface area (Å²) in [5, 5.41) is -0.749. The van der Waals surface area contributed by atoms with Crippen LogP contribution in [0.2, 0.25) is 10.0 Å². The summed E-state index contributed by atoms with van der Waals surface area (Å²) >= 11 is 11.9. The molecule has 1 saturated heterocycles. The molecule has 0 radical (unpaired) electrons. The average Bonchev–Trinajstić information content (AvgIpc) is 2.66. The van der Waals surface area contributed by atoms with E-state index < -0.39 is 58.0 Å². The van der Waals surface area contributed by atoms with E-state index in [4.69, 9.17) is 27.9 Å². The van der Waals surface area contributed by atoms with Gasteiger partial charge in [0.25, 0.3) is 10.0 Å². The van der Waals surface area contributed by atoms with Gasteiger partial charge in [-0.2, -0.15) is 4.31 Å². The summed E-state index contributed by atoms with van der Waals surface area (Å²) in [4.78, 5) is -1.22. The van der Waals surface area contributed by atoms with E-state index in [1.165, 1.54) is 0 Å². The number of hydrogen-bond acceptors (Lipinski definition) is 5. The van der Waals surface area contributed by atoms with Gasteiger partial charge < -0.3 is 4.74 Å². The molecule has 1 aliphatic rings. The Morgan fingerprint density at radius 1 is 0.867 bits per heavy atom. The van der Waals surface area contributed by atoms with E-state index in [0.29, 0.717) is 12.1 Å². The molecule has 1 aliphatic heterocycles. The van der Waals surface area contributed by atoms with Crippen molar-refractivity contribution >= 4 is 48.9 Å². The topological polar surface area (TPSA) is 92.8 Å². The molecule has 2 aromatic carbocycles. The molecular weight excluding hydrogens is 492 g/mol. The number of sulfonamides is 2. The van der Waals surface area contributed by atoms with Crippen LogP contribution in [0.15, 0.2) is 34.1 Å². The predicted molar refractivity (Wildman–Crippen MR) is 103 cm³/mol. The zero-order chi connectivity index (χ0) is 22.3. The third kappa shape index (κ3) is 4.53. The molecule has 0 bridgehead atoms. The standard InChI is InChI=1S/C16H13Cl2F3N2O5S2/c17-10-7-11(18)15(30(26,27)23-1-3-28-4-2-23)8-14(10)29(24,25)22-9-5-12(19)16(21)13(20)6-9/h5-8,22H,1-4H2. The molecule has 0 aliphatic carbocycles. The van der Waals surface area contributed by atoms with Crippen LogP contribution in [-0.2, 0) is 24.8 Å². The van der Waals surface area contributed by atoms with E-state index in [1.54, 1.807) is 0 Å². The van der Waals surface area contributed by atoms with Crippen molar-refractivity contribution in [1.29, 1.82) is 0 Å². The van der Waals surface area contributed by atoms with Crippen molar-refractivity contribution in [2.24, 2.45) is 0 Å². The van der Waals surface area contributed by atoms with E-state index >= 15 is 0 Å². The van der Waals surface area contributed by atoms with Crippen molar-refractivity contribution in [3.63, 3.8) is 0 Å². The van der Waals surface area contributed by atoms with Gasteiger partial charge in [0.1, 0.15) is 9.79 Å². The summed E-state index contributed by atoms with van der Waals surface area (Å²) in [6, 6.07) is 2.52. The van der Waals surface area contributed by atoms with Crippen LogP contribution in [0.5, 0.6) is 0 Å². The summed E-state index contributed by atoms with van der Waals surface area (Å²) < 4.78 is 99.0. The molecule has 0 saturated carbocycles. The van der Waals surface area contributed by atoms with Crippen molar-refractivity contribution in [2.45, 2.75) is 9.79 Å². The van der Waals surface area contributed by atoms with Gasteiger partial charge in [-0.1, -0.05) is 23.2 Å². The fourth-order valence-corrected chi connectivity index (χ4v) is 6.33. The molecule has 1 heterocycles. The van der Waals surface area contributed by atoms with Gasteiger partial charge in [0.15, 0.2) is 17.5 Å². The van der Waals surface area contributed by atoms with E-state index in [0.717, 1.165) is 16.4 Å². The molecule has 2 aromatic rings. The van der Waals surface area contributed by atoms with Crippen molar-refractivity contribution in [2.75, 3.05) is 31.0 Å². The number of anilines is 1. The fourth-order valence-electron chi connectivity index (χ4n) is 2.66. The first-order valence-corrected chi connectivity index (χ1v) is 11.9. The minimum atomic E-state index is -4.62. The van der Waals surface area contributed by atoms with Gasteiger partial charge in [0.2, 0.25) is 10.0 Å². The highest BCUT2D eigenvalue weighted by molar-refractivity contribution is 7.93. The molecule has 7 nitrogen and oxygen atoms in total. The number of hydrogen-bond donors (Lipinski definition) is 1. The zero-order valence-electron chi connectivity index (χ0n) is 14.8. The van der Waals surface area contributed by atoms with Crippen LogP contribution in [0.4, 0.5) is 18.9 Å². The minimum Gasteiger partial charge on any atom is -0.379 e. The van der Waals surface area contributed by atoms with Gasteiger partial charge in [-0.15, -0.1) is 0 Å². The molecular formula is C16H13Cl2F3N2O5S2. The second-order valence-corrected chi connectivity index (χ2v) is 10.5. The van der Waals surface area contributed by atoms with E-state index in [-0.39, 0.29) is 31.3 Å². The Labute approximate surface area is 180 Å². The van der Waals surface area contributed by atoms with Gasteiger partial charge in [0, 0.05) is 25.2 Å². The number of benzene rings is 2. The van der Waals surface area contributed by atoms with Crippen molar-refractivity contribution in [1.82, 2.24) is 4.31 Å². The van der Waals surface area contributed by atoms with E-state index in [1.807, 2.05) is 4.72 Å². The molecule has 164 valence electrons. The lowest BCUT2D eigenvalue weighted by atomic mass is 10.3. The van der Waals surface area contributed by atoms with Gasteiger partial charge in [-0.25, -0.2) is 30.0 Å². The van der Waals surface area contributed by atoms with E-state index in [2.05, 4.69) is 0 Å². The lowest BCUT2D eigenvalue weighted by Gasteiger charge is -2.26. The van der Waals surface area contributed by atoms with Gasteiger partial charge in [-0.05, 0) is 12.1 Å². The maximum atomic E-state index is 13.4. The monoisotopic (exact) mass is 504 g/mol. The Morgan fingerprint density at radius 3 is 1.97 bits per heavy atom.